The number of carbonyl (C=O) groups is 1. The quantitative estimate of drug-likeness (QED) is 0.120. The second kappa shape index (κ2) is 12.7. The average molecular weight is 866 g/mol. The summed E-state index contributed by atoms with van der Waals surface area (Å²) in [6, 6.07) is 0. The van der Waals surface area contributed by atoms with Gasteiger partial charge in [-0.2, -0.15) is 132 Å². The van der Waals surface area contributed by atoms with E-state index >= 15 is 0 Å². The van der Waals surface area contributed by atoms with E-state index in [-0.39, 0.29) is 0 Å². The number of quaternary nitrogens is 1. The summed E-state index contributed by atoms with van der Waals surface area (Å²) in [6.45, 7) is -1.85. The number of amides is 1. The van der Waals surface area contributed by atoms with Gasteiger partial charge in [-0.3, -0.25) is 0 Å². The molecule has 0 aromatic carbocycles. The van der Waals surface area contributed by atoms with Crippen LogP contribution in [0.25, 0.3) is 0 Å². The smallest absolute Gasteiger partial charge is 0.435 e. The Morgan fingerprint density at radius 1 is 0.415 bits per heavy atom. The van der Waals surface area contributed by atoms with Crippen LogP contribution in [0.1, 0.15) is 6.42 Å². The van der Waals surface area contributed by atoms with Gasteiger partial charge in [-0.25, -0.2) is 4.48 Å². The Bertz CT molecular complexity index is 1350. The van der Waals surface area contributed by atoms with Crippen molar-refractivity contribution in [3.05, 3.63) is 0 Å². The maximum atomic E-state index is 14.0. The molecular weight excluding hydrogens is 853 g/mol. The van der Waals surface area contributed by atoms with E-state index in [0.29, 0.717) is 14.1 Å². The molecule has 0 radical (unpaired) electrons. The number of halogens is 29. The van der Waals surface area contributed by atoms with Gasteiger partial charge >= 0.3 is 89.3 Å². The molecule has 0 bridgehead atoms. The van der Waals surface area contributed by atoms with Crippen molar-refractivity contribution >= 4 is 6.09 Å². The first-order valence-electron chi connectivity index (χ1n) is 12.0. The lowest BCUT2D eigenvalue weighted by Crippen LogP contribution is -2.79. The highest BCUT2D eigenvalue weighted by molar-refractivity contribution is 5.56. The van der Waals surface area contributed by atoms with Crippen molar-refractivity contribution in [2.24, 2.45) is 0 Å². The largest absolute Gasteiger partial charge is 0.513 e. The second-order valence-corrected chi connectivity index (χ2v) is 11.1. The summed E-state index contributed by atoms with van der Waals surface area (Å²) in [5.74, 6) is -122. The molecule has 0 fully saturated rings. The normalized spacial score (nSPS) is 17.3. The molecule has 0 aliphatic heterocycles. The molecular formula is C20H13F29NO3+. The van der Waals surface area contributed by atoms with Crippen molar-refractivity contribution in [3.8, 4) is 0 Å². The van der Waals surface area contributed by atoms with Gasteiger partial charge in [0.2, 0.25) is 0 Å². The third-order valence-electron chi connectivity index (χ3n) is 6.83. The molecule has 33 heteroatoms. The lowest BCUT2D eigenvalue weighted by Gasteiger charge is -2.46. The van der Waals surface area contributed by atoms with Crippen molar-refractivity contribution in [2.75, 3.05) is 20.6 Å². The summed E-state index contributed by atoms with van der Waals surface area (Å²) in [4.78, 5) is 10.9. The highest BCUT2D eigenvalue weighted by atomic mass is 19.4. The molecule has 0 rings (SSSR count). The number of hydrogen-bond donors (Lipinski definition) is 2. The van der Waals surface area contributed by atoms with Crippen LogP contribution in [-0.4, -0.2) is 131 Å². The van der Waals surface area contributed by atoms with Crippen molar-refractivity contribution in [3.63, 3.8) is 0 Å². The Labute approximate surface area is 270 Å². The zero-order chi connectivity index (χ0) is 44.1. The molecule has 318 valence electrons. The van der Waals surface area contributed by atoms with Crippen molar-refractivity contribution in [1.29, 1.82) is 0 Å². The first kappa shape index (κ1) is 50.4. The van der Waals surface area contributed by atoms with Gasteiger partial charge in [0, 0.05) is 6.42 Å². The van der Waals surface area contributed by atoms with Crippen molar-refractivity contribution in [2.45, 2.75) is 95.7 Å². The maximum absolute atomic E-state index is 14.0. The monoisotopic (exact) mass is 866 g/mol. The number of aliphatic hydroxyl groups excluding tert-OH is 1. The van der Waals surface area contributed by atoms with Crippen LogP contribution in [0, 0.1) is 0 Å². The van der Waals surface area contributed by atoms with E-state index in [4.69, 9.17) is 5.11 Å². The molecule has 4 nitrogen and oxygen atoms in total. The van der Waals surface area contributed by atoms with E-state index in [1.807, 2.05) is 0 Å². The molecule has 0 aliphatic carbocycles. The Balaban J connectivity index is 7.43. The van der Waals surface area contributed by atoms with Gasteiger partial charge in [0.15, 0.2) is 0 Å². The fourth-order valence-corrected chi connectivity index (χ4v) is 3.47. The number of carboxylic acid groups (broad SMARTS) is 1. The van der Waals surface area contributed by atoms with E-state index in [9.17, 15) is 137 Å². The molecule has 2 N–H and O–H groups in total. The molecule has 0 aromatic rings. The minimum atomic E-state index is -10.00. The van der Waals surface area contributed by atoms with Gasteiger partial charge in [-0.05, 0) is 0 Å². The molecule has 1 amide bonds. The van der Waals surface area contributed by atoms with E-state index in [1.165, 1.54) is 0 Å². The van der Waals surface area contributed by atoms with Gasteiger partial charge < -0.3 is 10.2 Å². The van der Waals surface area contributed by atoms with Gasteiger partial charge in [0.05, 0.1) is 14.1 Å². The van der Waals surface area contributed by atoms with Crippen LogP contribution >= 0.6 is 0 Å². The van der Waals surface area contributed by atoms with Crippen molar-refractivity contribution < 1.29 is 147 Å². The predicted octanol–water partition coefficient (Wildman–Crippen LogP) is 9.31. The first-order chi connectivity index (χ1) is 22.3. The molecule has 0 saturated heterocycles. The molecule has 53 heavy (non-hydrogen) atoms. The Morgan fingerprint density at radius 3 is 0.792 bits per heavy atom. The third-order valence-corrected chi connectivity index (χ3v) is 6.83. The maximum Gasteiger partial charge on any atom is 0.513 e. The SMILES string of the molecule is C[N+](C)(CC(O)CC(F)(F)C(F)(F)C(F)(F)C(F)(F)C(F)(F)C(F)(F)C(F)(F)C(F)(F)C(F)(F)C(F)(F)C(F)(F)C(F)(F)C(F)(F)C(F)(F)F)C(=O)O. The number of likely N-dealkylation sites (N-methyl/N-ethyl adjacent to an activating group) is 1. The zero-order valence-electron chi connectivity index (χ0n) is 24.2. The van der Waals surface area contributed by atoms with E-state index in [0.717, 1.165) is 0 Å². The molecule has 0 saturated carbocycles. The number of aliphatic hydroxyl groups is 1. The summed E-state index contributed by atoms with van der Waals surface area (Å²) in [5.41, 5.74) is 0. The topological polar surface area (TPSA) is 57.5 Å². The van der Waals surface area contributed by atoms with Crippen LogP contribution in [0.4, 0.5) is 132 Å². The molecule has 0 spiro atoms. The van der Waals surface area contributed by atoms with Gasteiger partial charge in [-0.15, -0.1) is 0 Å². The zero-order valence-corrected chi connectivity index (χ0v) is 24.2. The number of nitrogens with zero attached hydrogens (tertiary/aromatic N) is 1. The summed E-state index contributed by atoms with van der Waals surface area (Å²) >= 11 is 0. The van der Waals surface area contributed by atoms with Crippen LogP contribution < -0.4 is 0 Å². The Morgan fingerprint density at radius 2 is 0.604 bits per heavy atom. The number of rotatable bonds is 16. The van der Waals surface area contributed by atoms with Crippen LogP contribution in [0.3, 0.4) is 0 Å². The third kappa shape index (κ3) is 6.51. The molecule has 1 unspecified atom stereocenters. The summed E-state index contributed by atoms with van der Waals surface area (Å²) < 4.78 is 391. The van der Waals surface area contributed by atoms with Crippen LogP contribution in [-0.2, 0) is 0 Å². The van der Waals surface area contributed by atoms with E-state index in [1.54, 1.807) is 0 Å². The van der Waals surface area contributed by atoms with Crippen LogP contribution in [0.5, 0.6) is 0 Å². The molecule has 0 aliphatic rings. The van der Waals surface area contributed by atoms with E-state index in [2.05, 4.69) is 0 Å². The fourth-order valence-electron chi connectivity index (χ4n) is 3.47. The number of hydrogen-bond acceptors (Lipinski definition) is 2. The van der Waals surface area contributed by atoms with Crippen LogP contribution in [0.15, 0.2) is 0 Å². The minimum absolute atomic E-state index is 0.382. The fraction of sp³-hybridized carbons (Fsp3) is 0.950. The summed E-state index contributed by atoms with van der Waals surface area (Å²) in [5, 5.41) is 18.0. The van der Waals surface area contributed by atoms with Gasteiger partial charge in [0.25, 0.3) is 0 Å². The first-order valence-corrected chi connectivity index (χ1v) is 12.0. The van der Waals surface area contributed by atoms with Gasteiger partial charge in [-0.1, -0.05) is 0 Å². The summed E-state index contributed by atoms with van der Waals surface area (Å²) in [6.07, 6.45) is -17.5. The Hall–Kier alpha value is -2.64. The highest BCUT2D eigenvalue weighted by Crippen LogP contribution is 2.69. The number of alkyl halides is 29. The van der Waals surface area contributed by atoms with Gasteiger partial charge in [0.1, 0.15) is 12.6 Å². The predicted molar refractivity (Wildman–Crippen MR) is 106 cm³/mol. The Kier molecular flexibility index (Phi) is 12.1. The summed E-state index contributed by atoms with van der Waals surface area (Å²) in [7, 11) is 0.764. The lowest BCUT2D eigenvalue weighted by atomic mass is 9.83. The average Bonchev–Trinajstić information content (AvgIpc) is 2.90. The van der Waals surface area contributed by atoms with Crippen LogP contribution in [0.2, 0.25) is 0 Å². The molecule has 0 heterocycles. The lowest BCUT2D eigenvalue weighted by molar-refractivity contribution is -0.820. The highest BCUT2D eigenvalue weighted by Gasteiger charge is 3.00. The minimum Gasteiger partial charge on any atom is -0.435 e. The van der Waals surface area contributed by atoms with E-state index < -0.39 is 113 Å². The second-order valence-electron chi connectivity index (χ2n) is 11.1. The molecule has 1 atom stereocenters. The molecule has 0 aromatic heterocycles. The standard InChI is InChI=1S/C20H12F29NO3/c1-50(2,6(52)53)4-5(51)3-7(21,22)8(23,24)9(25,26)10(27,28)11(29,30)12(31,32)13(33,34)14(35,36)15(37,38)16(39,40)17(41,42)18(43,44)19(45,46)20(47,48)49/h5,51H,3-4H2,1-2H3/p+1. The van der Waals surface area contributed by atoms with Crippen molar-refractivity contribution in [1.82, 2.24) is 0 Å².